The van der Waals surface area contributed by atoms with Crippen LogP contribution in [0.5, 0.6) is 0 Å². The van der Waals surface area contributed by atoms with E-state index in [1.54, 1.807) is 32.4 Å². The summed E-state index contributed by atoms with van der Waals surface area (Å²) in [7, 11) is 1.65. The molecular formula is C15H19N5O3. The maximum atomic E-state index is 12.4. The van der Waals surface area contributed by atoms with Gasteiger partial charge in [0.15, 0.2) is 12.1 Å². The molecule has 1 atom stereocenters. The fraction of sp³-hybridized carbons (Fsp3) is 0.467. The van der Waals surface area contributed by atoms with E-state index in [-0.39, 0.29) is 18.1 Å². The van der Waals surface area contributed by atoms with Crippen LogP contribution < -0.4 is 4.90 Å². The van der Waals surface area contributed by atoms with Gasteiger partial charge in [-0.2, -0.15) is 0 Å². The molecular weight excluding hydrogens is 298 g/mol. The molecule has 0 aliphatic carbocycles. The normalized spacial score (nSPS) is 20.7. The molecule has 1 aliphatic heterocycles. The van der Waals surface area contributed by atoms with Crippen LogP contribution in [0.15, 0.2) is 29.3 Å². The number of likely N-dealkylation sites (N-methyl/N-ethyl adjacent to an activating group) is 1. The monoisotopic (exact) mass is 317 g/mol. The van der Waals surface area contributed by atoms with Crippen LogP contribution in [0, 0.1) is 6.92 Å². The molecule has 0 saturated carbocycles. The van der Waals surface area contributed by atoms with Gasteiger partial charge in [-0.05, 0) is 19.4 Å². The fourth-order valence-electron chi connectivity index (χ4n) is 2.82. The zero-order chi connectivity index (χ0) is 16.4. The predicted molar refractivity (Wildman–Crippen MR) is 82.0 cm³/mol. The number of hydrogen-bond acceptors (Lipinski definition) is 7. The Hall–Kier alpha value is -2.48. The first-order valence-corrected chi connectivity index (χ1v) is 7.38. The standard InChI is InChI=1S/C15H19N5O3/c1-11-12(18-10-23-11)13(21)19(2)8-15(22)4-7-20(9-15)14-16-5-3-6-17-14/h3,5-6,10,22H,4,7-9H2,1-2H3/t15-/m0/s1. The second-order valence-electron chi connectivity index (χ2n) is 5.86. The fourth-order valence-corrected chi connectivity index (χ4v) is 2.82. The zero-order valence-electron chi connectivity index (χ0n) is 13.1. The highest BCUT2D eigenvalue weighted by atomic mass is 16.3. The first-order chi connectivity index (χ1) is 11.0. The summed E-state index contributed by atoms with van der Waals surface area (Å²) >= 11 is 0. The molecule has 2 aromatic heterocycles. The van der Waals surface area contributed by atoms with Crippen molar-refractivity contribution in [3.8, 4) is 0 Å². The molecule has 0 bridgehead atoms. The molecule has 2 aromatic rings. The second kappa shape index (κ2) is 5.96. The van der Waals surface area contributed by atoms with Crippen molar-refractivity contribution in [3.05, 3.63) is 36.3 Å². The van der Waals surface area contributed by atoms with Crippen LogP contribution in [-0.2, 0) is 0 Å². The summed E-state index contributed by atoms with van der Waals surface area (Å²) < 4.78 is 5.06. The Morgan fingerprint density at radius 3 is 2.83 bits per heavy atom. The lowest BCUT2D eigenvalue weighted by Crippen LogP contribution is -2.46. The molecule has 1 fully saturated rings. The van der Waals surface area contributed by atoms with E-state index in [0.717, 1.165) is 0 Å². The number of nitrogens with zero attached hydrogens (tertiary/aromatic N) is 5. The van der Waals surface area contributed by atoms with Gasteiger partial charge in [0.25, 0.3) is 5.91 Å². The summed E-state index contributed by atoms with van der Waals surface area (Å²) in [5.74, 6) is 0.795. The lowest BCUT2D eigenvalue weighted by Gasteiger charge is -2.28. The van der Waals surface area contributed by atoms with Crippen LogP contribution in [0.3, 0.4) is 0 Å². The van der Waals surface area contributed by atoms with Crippen molar-refractivity contribution >= 4 is 11.9 Å². The van der Waals surface area contributed by atoms with E-state index in [1.807, 2.05) is 4.90 Å². The van der Waals surface area contributed by atoms with E-state index in [4.69, 9.17) is 4.42 Å². The van der Waals surface area contributed by atoms with Crippen LogP contribution in [0.1, 0.15) is 22.7 Å². The number of aliphatic hydroxyl groups is 1. The van der Waals surface area contributed by atoms with Gasteiger partial charge in [0.2, 0.25) is 5.95 Å². The van der Waals surface area contributed by atoms with Crippen molar-refractivity contribution in [2.24, 2.45) is 0 Å². The minimum Gasteiger partial charge on any atom is -0.448 e. The Labute approximate surface area is 133 Å². The van der Waals surface area contributed by atoms with E-state index >= 15 is 0 Å². The highest BCUT2D eigenvalue weighted by molar-refractivity contribution is 5.93. The molecule has 1 aliphatic rings. The van der Waals surface area contributed by atoms with E-state index in [0.29, 0.717) is 31.2 Å². The van der Waals surface area contributed by atoms with Crippen LogP contribution >= 0.6 is 0 Å². The number of rotatable bonds is 4. The minimum absolute atomic E-state index is 0.210. The number of aromatic nitrogens is 3. The summed E-state index contributed by atoms with van der Waals surface area (Å²) in [5.41, 5.74) is -0.723. The Bertz CT molecular complexity index is 689. The van der Waals surface area contributed by atoms with Crippen molar-refractivity contribution in [2.75, 3.05) is 31.6 Å². The SMILES string of the molecule is Cc1ocnc1C(=O)N(C)C[C@@]1(O)CCN(c2ncccn2)C1. The Morgan fingerprint density at radius 2 is 2.17 bits per heavy atom. The largest absolute Gasteiger partial charge is 0.448 e. The number of carbonyl (C=O) groups is 1. The van der Waals surface area contributed by atoms with E-state index in [9.17, 15) is 9.90 Å². The molecule has 122 valence electrons. The van der Waals surface area contributed by atoms with Gasteiger partial charge in [0.05, 0.1) is 13.1 Å². The summed E-state index contributed by atoms with van der Waals surface area (Å²) in [6.07, 6.45) is 5.13. The molecule has 1 saturated heterocycles. The van der Waals surface area contributed by atoms with E-state index in [1.165, 1.54) is 11.3 Å². The minimum atomic E-state index is -0.999. The first kappa shape index (κ1) is 15.4. The van der Waals surface area contributed by atoms with Gasteiger partial charge in [-0.15, -0.1) is 0 Å². The lowest BCUT2D eigenvalue weighted by molar-refractivity contribution is 0.0261. The van der Waals surface area contributed by atoms with Gasteiger partial charge < -0.3 is 19.3 Å². The average molecular weight is 317 g/mol. The zero-order valence-corrected chi connectivity index (χ0v) is 13.1. The van der Waals surface area contributed by atoms with Crippen molar-refractivity contribution in [2.45, 2.75) is 18.9 Å². The van der Waals surface area contributed by atoms with E-state index in [2.05, 4.69) is 15.0 Å². The van der Waals surface area contributed by atoms with Crippen LogP contribution in [0.2, 0.25) is 0 Å². The molecule has 0 unspecified atom stereocenters. The number of oxazole rings is 1. The number of anilines is 1. The molecule has 8 heteroatoms. The molecule has 3 heterocycles. The lowest BCUT2D eigenvalue weighted by atomic mass is 10.0. The third kappa shape index (κ3) is 3.16. The van der Waals surface area contributed by atoms with Gasteiger partial charge in [0.1, 0.15) is 11.4 Å². The molecule has 0 radical (unpaired) electrons. The molecule has 23 heavy (non-hydrogen) atoms. The van der Waals surface area contributed by atoms with E-state index < -0.39 is 5.60 Å². The van der Waals surface area contributed by atoms with Crippen LogP contribution in [-0.4, -0.2) is 63.1 Å². The Kier molecular flexibility index (Phi) is 3.99. The van der Waals surface area contributed by atoms with Crippen molar-refractivity contribution in [1.29, 1.82) is 0 Å². The van der Waals surface area contributed by atoms with Crippen molar-refractivity contribution in [1.82, 2.24) is 19.9 Å². The Morgan fingerprint density at radius 1 is 1.43 bits per heavy atom. The summed E-state index contributed by atoms with van der Waals surface area (Å²) in [6.45, 7) is 2.92. The summed E-state index contributed by atoms with van der Waals surface area (Å²) in [6, 6.07) is 1.75. The molecule has 8 nitrogen and oxygen atoms in total. The van der Waals surface area contributed by atoms with Gasteiger partial charge in [-0.25, -0.2) is 15.0 Å². The van der Waals surface area contributed by atoms with Gasteiger partial charge in [0, 0.05) is 26.0 Å². The van der Waals surface area contributed by atoms with Gasteiger partial charge in [-0.1, -0.05) is 0 Å². The number of amides is 1. The third-order valence-corrected chi connectivity index (χ3v) is 3.99. The number of aryl methyl sites for hydroxylation is 1. The second-order valence-corrected chi connectivity index (χ2v) is 5.86. The number of hydrogen-bond donors (Lipinski definition) is 1. The third-order valence-electron chi connectivity index (χ3n) is 3.99. The van der Waals surface area contributed by atoms with Crippen molar-refractivity contribution < 1.29 is 14.3 Å². The smallest absolute Gasteiger partial charge is 0.275 e. The maximum absolute atomic E-state index is 12.4. The molecule has 3 rings (SSSR count). The molecule has 0 spiro atoms. The maximum Gasteiger partial charge on any atom is 0.275 e. The predicted octanol–water partition coefficient (Wildman–Crippen LogP) is 0.486. The topological polar surface area (TPSA) is 95.6 Å². The quantitative estimate of drug-likeness (QED) is 0.876. The van der Waals surface area contributed by atoms with Crippen molar-refractivity contribution in [3.63, 3.8) is 0 Å². The summed E-state index contributed by atoms with van der Waals surface area (Å²) in [4.78, 5) is 28.1. The molecule has 1 N–H and O–H groups in total. The van der Waals surface area contributed by atoms with Crippen LogP contribution in [0.25, 0.3) is 0 Å². The highest BCUT2D eigenvalue weighted by Crippen LogP contribution is 2.25. The first-order valence-electron chi connectivity index (χ1n) is 7.38. The highest BCUT2D eigenvalue weighted by Gasteiger charge is 2.39. The van der Waals surface area contributed by atoms with Gasteiger partial charge in [-0.3, -0.25) is 4.79 Å². The Balaban J connectivity index is 1.66. The number of β-amino-alcohol motifs (C(OH)–C–C–N with tert-alkyl or cyclic N) is 1. The number of carbonyl (C=O) groups excluding carboxylic acids is 1. The molecule has 0 aromatic carbocycles. The summed E-state index contributed by atoms with van der Waals surface area (Å²) in [5, 5.41) is 10.8. The molecule has 1 amide bonds. The van der Waals surface area contributed by atoms with Gasteiger partial charge >= 0.3 is 0 Å². The average Bonchev–Trinajstić information content (AvgIpc) is 3.13. The van der Waals surface area contributed by atoms with Crippen LogP contribution in [0.4, 0.5) is 5.95 Å².